The number of hydrogen-bond donors (Lipinski definition) is 1. The zero-order chi connectivity index (χ0) is 24.2. The zero-order valence-corrected chi connectivity index (χ0v) is 19.8. The van der Waals surface area contributed by atoms with Crippen molar-refractivity contribution >= 4 is 27.8 Å². The number of fused-ring (bicyclic) bond motifs is 2. The van der Waals surface area contributed by atoms with Crippen LogP contribution in [0.3, 0.4) is 0 Å². The highest BCUT2D eigenvalue weighted by Gasteiger charge is 2.36. The maximum Gasteiger partial charge on any atom is 0.225 e. The summed E-state index contributed by atoms with van der Waals surface area (Å²) in [5.74, 6) is 1.44. The highest BCUT2D eigenvalue weighted by atomic mass is 19.1. The van der Waals surface area contributed by atoms with E-state index in [9.17, 15) is 9.18 Å². The standard InChI is InChI=1S/C29H26FN5O/c30-24-9-10-25-27(14-24)35(17-18-11-12-34(16-18)29(36)21-5-6-21)28(32-25)20-3-1-19(2-4-20)22-7-8-23-15-31-33-26(23)13-22/h1-4,7-10,13-15,18,21H,5-6,11-12,16-17H2,(H,31,33)/t18-/m0/s1. The molecule has 1 atom stereocenters. The van der Waals surface area contributed by atoms with Crippen LogP contribution in [0.15, 0.2) is 66.9 Å². The van der Waals surface area contributed by atoms with E-state index >= 15 is 0 Å². The molecule has 3 heterocycles. The summed E-state index contributed by atoms with van der Waals surface area (Å²) in [6, 6.07) is 19.4. The Hall–Kier alpha value is -4.00. The minimum absolute atomic E-state index is 0.245. The number of imidazole rings is 1. The van der Waals surface area contributed by atoms with Gasteiger partial charge in [0.2, 0.25) is 5.91 Å². The number of aromatic nitrogens is 4. The highest BCUT2D eigenvalue weighted by molar-refractivity contribution is 5.85. The lowest BCUT2D eigenvalue weighted by Gasteiger charge is -2.18. The average Bonchev–Trinajstić information content (AvgIpc) is 3.30. The van der Waals surface area contributed by atoms with Gasteiger partial charge in [0.05, 0.1) is 22.7 Å². The van der Waals surface area contributed by atoms with Crippen molar-refractivity contribution in [2.75, 3.05) is 13.1 Å². The second-order valence-corrected chi connectivity index (χ2v) is 10.1. The molecule has 7 rings (SSSR count). The highest BCUT2D eigenvalue weighted by Crippen LogP contribution is 2.34. The van der Waals surface area contributed by atoms with Gasteiger partial charge in [0.25, 0.3) is 0 Å². The summed E-state index contributed by atoms with van der Waals surface area (Å²) in [6.45, 7) is 2.28. The minimum atomic E-state index is -0.267. The molecule has 0 spiro atoms. The van der Waals surface area contributed by atoms with Crippen LogP contribution >= 0.6 is 0 Å². The van der Waals surface area contributed by atoms with Gasteiger partial charge in [0.15, 0.2) is 0 Å². The smallest absolute Gasteiger partial charge is 0.225 e. The second-order valence-electron chi connectivity index (χ2n) is 10.1. The number of halogens is 1. The molecule has 180 valence electrons. The molecular weight excluding hydrogens is 453 g/mol. The van der Waals surface area contributed by atoms with Crippen molar-refractivity contribution in [3.05, 3.63) is 72.7 Å². The van der Waals surface area contributed by atoms with E-state index in [2.05, 4.69) is 57.2 Å². The zero-order valence-electron chi connectivity index (χ0n) is 19.8. The van der Waals surface area contributed by atoms with E-state index < -0.39 is 0 Å². The number of amides is 1. The number of rotatable bonds is 5. The molecule has 36 heavy (non-hydrogen) atoms. The molecule has 3 aromatic carbocycles. The molecule has 1 N–H and O–H groups in total. The Labute approximate surface area is 207 Å². The number of aromatic amines is 1. The maximum absolute atomic E-state index is 14.2. The average molecular weight is 480 g/mol. The molecule has 1 saturated carbocycles. The molecular formula is C29H26FN5O. The number of hydrogen-bond acceptors (Lipinski definition) is 3. The maximum atomic E-state index is 14.2. The Kier molecular flexibility index (Phi) is 4.91. The van der Waals surface area contributed by atoms with E-state index in [1.165, 1.54) is 6.07 Å². The van der Waals surface area contributed by atoms with Crippen LogP contribution in [0.4, 0.5) is 4.39 Å². The Morgan fingerprint density at radius 3 is 2.61 bits per heavy atom. The van der Waals surface area contributed by atoms with Crippen LogP contribution in [-0.4, -0.2) is 43.6 Å². The lowest BCUT2D eigenvalue weighted by molar-refractivity contribution is -0.131. The van der Waals surface area contributed by atoms with Crippen molar-refractivity contribution in [2.45, 2.75) is 25.8 Å². The van der Waals surface area contributed by atoms with Gasteiger partial charge >= 0.3 is 0 Å². The predicted molar refractivity (Wildman–Crippen MR) is 138 cm³/mol. The van der Waals surface area contributed by atoms with Gasteiger partial charge in [-0.3, -0.25) is 9.89 Å². The van der Waals surface area contributed by atoms with Gasteiger partial charge in [-0.1, -0.05) is 36.4 Å². The van der Waals surface area contributed by atoms with Gasteiger partial charge in [-0.15, -0.1) is 0 Å². The van der Waals surface area contributed by atoms with Crippen molar-refractivity contribution in [3.8, 4) is 22.5 Å². The summed E-state index contributed by atoms with van der Waals surface area (Å²) in [6.07, 6.45) is 4.84. The number of nitrogens with zero attached hydrogens (tertiary/aromatic N) is 4. The lowest BCUT2D eigenvalue weighted by Crippen LogP contribution is -2.30. The van der Waals surface area contributed by atoms with Crippen molar-refractivity contribution in [1.29, 1.82) is 0 Å². The van der Waals surface area contributed by atoms with E-state index in [0.29, 0.717) is 18.4 Å². The molecule has 6 nitrogen and oxygen atoms in total. The second kappa shape index (κ2) is 8.29. The number of carbonyl (C=O) groups excluding carboxylic acids is 1. The van der Waals surface area contributed by atoms with Gasteiger partial charge in [-0.2, -0.15) is 5.10 Å². The van der Waals surface area contributed by atoms with Gasteiger partial charge in [0.1, 0.15) is 11.6 Å². The SMILES string of the molecule is O=C(C1CC1)N1CC[C@H](Cn2c(-c3ccc(-c4ccc5cn[nH]c5c4)cc3)nc3ccc(F)cc32)C1. The number of H-pyrrole nitrogens is 1. The topological polar surface area (TPSA) is 66.8 Å². The van der Waals surface area contributed by atoms with Gasteiger partial charge < -0.3 is 9.47 Å². The van der Waals surface area contributed by atoms with Crippen molar-refractivity contribution in [1.82, 2.24) is 24.6 Å². The van der Waals surface area contributed by atoms with E-state index in [1.807, 2.05) is 11.1 Å². The molecule has 1 aliphatic carbocycles. The fourth-order valence-electron chi connectivity index (χ4n) is 5.46. The molecule has 5 aromatic rings. The third-order valence-corrected chi connectivity index (χ3v) is 7.59. The summed E-state index contributed by atoms with van der Waals surface area (Å²) < 4.78 is 16.4. The molecule has 1 saturated heterocycles. The largest absolute Gasteiger partial charge is 0.342 e. The third-order valence-electron chi connectivity index (χ3n) is 7.59. The first-order valence-corrected chi connectivity index (χ1v) is 12.6. The Morgan fingerprint density at radius 1 is 0.972 bits per heavy atom. The number of benzene rings is 3. The molecule has 0 radical (unpaired) electrons. The molecule has 0 bridgehead atoms. The first-order valence-electron chi connectivity index (χ1n) is 12.6. The number of carbonyl (C=O) groups is 1. The summed E-state index contributed by atoms with van der Waals surface area (Å²) in [7, 11) is 0. The molecule has 1 aliphatic heterocycles. The molecule has 0 unspecified atom stereocenters. The van der Waals surface area contributed by atoms with Crippen LogP contribution in [0, 0.1) is 17.7 Å². The van der Waals surface area contributed by atoms with Gasteiger partial charge in [0, 0.05) is 36.5 Å². The summed E-state index contributed by atoms with van der Waals surface area (Å²) in [5.41, 5.74) is 5.79. The Morgan fingerprint density at radius 2 is 1.78 bits per heavy atom. The first kappa shape index (κ1) is 21.3. The van der Waals surface area contributed by atoms with E-state index in [-0.39, 0.29) is 11.7 Å². The van der Waals surface area contributed by atoms with Crippen molar-refractivity contribution < 1.29 is 9.18 Å². The summed E-state index contributed by atoms with van der Waals surface area (Å²) in [5, 5.41) is 8.22. The van der Waals surface area contributed by atoms with Crippen LogP contribution in [0.5, 0.6) is 0 Å². The van der Waals surface area contributed by atoms with Crippen LogP contribution in [0.25, 0.3) is 44.5 Å². The quantitative estimate of drug-likeness (QED) is 0.355. The van der Waals surface area contributed by atoms with Crippen molar-refractivity contribution in [3.63, 3.8) is 0 Å². The molecule has 2 aromatic heterocycles. The van der Waals surface area contributed by atoms with Crippen molar-refractivity contribution in [2.24, 2.45) is 11.8 Å². The molecule has 7 heteroatoms. The van der Waals surface area contributed by atoms with E-state index in [1.54, 1.807) is 12.1 Å². The third kappa shape index (κ3) is 3.75. The van der Waals surface area contributed by atoms with Crippen LogP contribution in [0.2, 0.25) is 0 Å². The Balaban J connectivity index is 1.21. The van der Waals surface area contributed by atoms with Gasteiger partial charge in [-0.25, -0.2) is 9.37 Å². The predicted octanol–water partition coefficient (Wildman–Crippen LogP) is 5.64. The van der Waals surface area contributed by atoms with Crippen LogP contribution in [0.1, 0.15) is 19.3 Å². The minimum Gasteiger partial charge on any atom is -0.342 e. The number of nitrogens with one attached hydrogen (secondary N) is 1. The first-order chi connectivity index (χ1) is 17.6. The fourth-order valence-corrected chi connectivity index (χ4v) is 5.46. The summed E-state index contributed by atoms with van der Waals surface area (Å²) in [4.78, 5) is 19.5. The fraction of sp³-hybridized carbons (Fsp3) is 0.276. The normalized spacial score (nSPS) is 17.9. The van der Waals surface area contributed by atoms with Gasteiger partial charge in [-0.05, 0) is 60.6 Å². The lowest BCUT2D eigenvalue weighted by atomic mass is 10.0. The van der Waals surface area contributed by atoms with E-state index in [4.69, 9.17) is 4.98 Å². The van der Waals surface area contributed by atoms with Crippen LogP contribution in [-0.2, 0) is 11.3 Å². The Bertz CT molecular complexity index is 1600. The van der Waals surface area contributed by atoms with E-state index in [0.717, 1.165) is 76.8 Å². The summed E-state index contributed by atoms with van der Waals surface area (Å²) >= 11 is 0. The molecule has 1 amide bonds. The molecule has 2 fully saturated rings. The monoisotopic (exact) mass is 479 g/mol. The molecule has 2 aliphatic rings. The van der Waals surface area contributed by atoms with Crippen LogP contribution < -0.4 is 0 Å². The number of likely N-dealkylation sites (tertiary alicyclic amines) is 1.